The molecular weight excluding hydrogens is 337 g/mol. The molecule has 0 fully saturated rings. The summed E-state index contributed by atoms with van der Waals surface area (Å²) < 4.78 is 48.1. The van der Waals surface area contributed by atoms with Crippen LogP contribution in [0.2, 0.25) is 0 Å². The molecule has 4 nitrogen and oxygen atoms in total. The highest BCUT2D eigenvalue weighted by atomic mass is 19.4. The first-order valence-electron chi connectivity index (χ1n) is 8.33. The minimum atomic E-state index is -4.42. The fraction of sp³-hybridized carbons (Fsp3) is 0.889. The van der Waals surface area contributed by atoms with Crippen molar-refractivity contribution in [1.29, 1.82) is 0 Å². The van der Waals surface area contributed by atoms with Crippen LogP contribution >= 0.6 is 0 Å². The number of hydrogen-bond donors (Lipinski definition) is 0. The molecule has 0 aliphatic carbocycles. The third kappa shape index (κ3) is 11.8. The molecule has 0 saturated carbocycles. The summed E-state index contributed by atoms with van der Waals surface area (Å²) in [4.78, 5) is 24.4. The van der Waals surface area contributed by atoms with Crippen LogP contribution in [-0.4, -0.2) is 31.3 Å². The Bertz CT molecular complexity index is 458. The first-order chi connectivity index (χ1) is 10.9. The van der Waals surface area contributed by atoms with Gasteiger partial charge < -0.3 is 9.47 Å². The van der Waals surface area contributed by atoms with Gasteiger partial charge in [-0.15, -0.1) is 0 Å². The predicted molar refractivity (Wildman–Crippen MR) is 88.8 cm³/mol. The lowest BCUT2D eigenvalue weighted by molar-refractivity contribution is -0.170. The molecule has 0 radical (unpaired) electrons. The number of carbonyl (C=O) groups excluding carboxylic acids is 2. The number of ether oxygens (including phenoxy) is 2. The van der Waals surface area contributed by atoms with Gasteiger partial charge >= 0.3 is 18.1 Å². The Kier molecular flexibility index (Phi) is 7.98. The first kappa shape index (κ1) is 23.7. The van der Waals surface area contributed by atoms with Crippen LogP contribution in [0.5, 0.6) is 0 Å². The minimum absolute atomic E-state index is 0.0600. The molecule has 0 N–H and O–H groups in total. The van der Waals surface area contributed by atoms with Crippen molar-refractivity contribution in [2.45, 2.75) is 73.9 Å². The Morgan fingerprint density at radius 3 is 1.60 bits per heavy atom. The quantitative estimate of drug-likeness (QED) is 0.600. The minimum Gasteiger partial charge on any atom is -0.465 e. The first-order valence-corrected chi connectivity index (χ1v) is 8.33. The Morgan fingerprint density at radius 2 is 1.20 bits per heavy atom. The van der Waals surface area contributed by atoms with E-state index in [0.717, 1.165) is 0 Å². The van der Waals surface area contributed by atoms with E-state index in [1.807, 2.05) is 41.5 Å². The van der Waals surface area contributed by atoms with E-state index in [1.165, 1.54) is 6.92 Å². The van der Waals surface area contributed by atoms with Crippen LogP contribution in [0, 0.1) is 16.2 Å². The summed E-state index contributed by atoms with van der Waals surface area (Å²) >= 11 is 0. The zero-order chi connectivity index (χ0) is 20.1. The summed E-state index contributed by atoms with van der Waals surface area (Å²) in [5.41, 5.74) is -2.17. The highest BCUT2D eigenvalue weighted by molar-refractivity contribution is 5.83. The highest BCUT2D eigenvalue weighted by Crippen LogP contribution is 2.35. The van der Waals surface area contributed by atoms with Crippen molar-refractivity contribution in [3.63, 3.8) is 0 Å². The lowest BCUT2D eigenvalue weighted by Crippen LogP contribution is -2.36. The van der Waals surface area contributed by atoms with Gasteiger partial charge in [-0.2, -0.15) is 13.2 Å². The van der Waals surface area contributed by atoms with E-state index in [-0.39, 0.29) is 24.0 Å². The predicted octanol–water partition coefficient (Wildman–Crippen LogP) is 4.90. The Balaban J connectivity index is 5.05. The summed E-state index contributed by atoms with van der Waals surface area (Å²) in [6, 6.07) is 0. The number of carbonyl (C=O) groups is 2. The van der Waals surface area contributed by atoms with E-state index in [2.05, 4.69) is 0 Å². The maximum atomic E-state index is 12.6. The lowest BCUT2D eigenvalue weighted by Gasteiger charge is -2.29. The number of alkyl halides is 3. The molecule has 1 unspecified atom stereocenters. The van der Waals surface area contributed by atoms with E-state index >= 15 is 0 Å². The van der Waals surface area contributed by atoms with Crippen molar-refractivity contribution < 1.29 is 32.2 Å². The third-order valence-electron chi connectivity index (χ3n) is 3.29. The summed E-state index contributed by atoms with van der Waals surface area (Å²) in [7, 11) is 0. The number of halogens is 3. The molecule has 0 spiro atoms. The summed E-state index contributed by atoms with van der Waals surface area (Å²) in [6.07, 6.45) is -6.55. The van der Waals surface area contributed by atoms with E-state index in [4.69, 9.17) is 9.47 Å². The van der Waals surface area contributed by atoms with Gasteiger partial charge in [-0.05, 0) is 24.2 Å². The van der Waals surface area contributed by atoms with Crippen molar-refractivity contribution in [2.24, 2.45) is 16.2 Å². The molecule has 25 heavy (non-hydrogen) atoms. The molecular formula is C18H31F3O4. The second-order valence-electron chi connectivity index (χ2n) is 9.21. The number of rotatable bonds is 7. The smallest absolute Gasteiger partial charge is 0.389 e. The monoisotopic (exact) mass is 368 g/mol. The molecule has 0 aromatic carbocycles. The summed E-state index contributed by atoms with van der Waals surface area (Å²) in [5.74, 6) is -1.51. The van der Waals surface area contributed by atoms with Crippen LogP contribution in [0.3, 0.4) is 0 Å². The standard InChI is InChI=1S/C18H31F3O4/c1-15(2,3)11-24-13(22)10-17(7,8-9-18(19,20)21)14(23)25-12-16(4,5)6/h8-12H2,1-7H3. The molecule has 0 aromatic rings. The van der Waals surface area contributed by atoms with Gasteiger partial charge in [0.1, 0.15) is 0 Å². The van der Waals surface area contributed by atoms with Crippen molar-refractivity contribution >= 4 is 11.9 Å². The van der Waals surface area contributed by atoms with Crippen LogP contribution in [0.15, 0.2) is 0 Å². The molecule has 7 heteroatoms. The molecule has 0 rings (SSSR count). The van der Waals surface area contributed by atoms with Crippen molar-refractivity contribution in [2.75, 3.05) is 13.2 Å². The van der Waals surface area contributed by atoms with Gasteiger partial charge in [-0.1, -0.05) is 41.5 Å². The van der Waals surface area contributed by atoms with Gasteiger partial charge in [-0.25, -0.2) is 0 Å². The van der Waals surface area contributed by atoms with Gasteiger partial charge in [0.05, 0.1) is 25.0 Å². The number of esters is 2. The van der Waals surface area contributed by atoms with Crippen LogP contribution < -0.4 is 0 Å². The molecule has 0 aromatic heterocycles. The lowest BCUT2D eigenvalue weighted by atomic mass is 9.81. The van der Waals surface area contributed by atoms with E-state index in [9.17, 15) is 22.8 Å². The zero-order valence-electron chi connectivity index (χ0n) is 16.3. The van der Waals surface area contributed by atoms with E-state index in [1.54, 1.807) is 0 Å². The van der Waals surface area contributed by atoms with Gasteiger partial charge in [0, 0.05) is 6.42 Å². The average molecular weight is 368 g/mol. The SMILES string of the molecule is CC(C)(C)COC(=O)CC(C)(CCC(F)(F)F)C(=O)OCC(C)(C)C. The normalized spacial score (nSPS) is 15.4. The average Bonchev–Trinajstić information content (AvgIpc) is 2.38. The van der Waals surface area contributed by atoms with Crippen LogP contribution in [0.1, 0.15) is 67.7 Å². The van der Waals surface area contributed by atoms with E-state index in [0.29, 0.717) is 0 Å². The Morgan fingerprint density at radius 1 is 0.760 bits per heavy atom. The van der Waals surface area contributed by atoms with Crippen molar-refractivity contribution in [3.05, 3.63) is 0 Å². The molecule has 0 bridgehead atoms. The van der Waals surface area contributed by atoms with Gasteiger partial charge in [0.25, 0.3) is 0 Å². The second kappa shape index (κ2) is 8.41. The fourth-order valence-corrected chi connectivity index (χ4v) is 1.80. The van der Waals surface area contributed by atoms with Crippen molar-refractivity contribution in [3.8, 4) is 0 Å². The molecule has 0 aliphatic heterocycles. The zero-order valence-corrected chi connectivity index (χ0v) is 16.3. The molecule has 1 atom stereocenters. The molecule has 0 heterocycles. The number of hydrogen-bond acceptors (Lipinski definition) is 4. The molecule has 0 aliphatic rings. The summed E-state index contributed by atoms with van der Waals surface area (Å²) in [5, 5.41) is 0. The van der Waals surface area contributed by atoms with Gasteiger partial charge in [0.2, 0.25) is 0 Å². The fourth-order valence-electron chi connectivity index (χ4n) is 1.80. The molecule has 0 amide bonds. The Labute approximate surface area is 148 Å². The topological polar surface area (TPSA) is 52.6 Å². The third-order valence-corrected chi connectivity index (χ3v) is 3.29. The largest absolute Gasteiger partial charge is 0.465 e. The maximum Gasteiger partial charge on any atom is 0.389 e. The highest BCUT2D eigenvalue weighted by Gasteiger charge is 2.42. The maximum absolute atomic E-state index is 12.6. The second-order valence-corrected chi connectivity index (χ2v) is 9.21. The van der Waals surface area contributed by atoms with Crippen LogP contribution in [-0.2, 0) is 19.1 Å². The van der Waals surface area contributed by atoms with Gasteiger partial charge in [-0.3, -0.25) is 9.59 Å². The summed E-state index contributed by atoms with van der Waals surface area (Å²) in [6.45, 7) is 12.6. The van der Waals surface area contributed by atoms with Crippen LogP contribution in [0.4, 0.5) is 13.2 Å². The molecule has 0 saturated heterocycles. The van der Waals surface area contributed by atoms with Crippen molar-refractivity contribution in [1.82, 2.24) is 0 Å². The van der Waals surface area contributed by atoms with E-state index < -0.39 is 42.8 Å². The molecule has 148 valence electrons. The van der Waals surface area contributed by atoms with Gasteiger partial charge in [0.15, 0.2) is 0 Å². The van der Waals surface area contributed by atoms with Crippen LogP contribution in [0.25, 0.3) is 0 Å². The Hall–Kier alpha value is -1.27.